The summed E-state index contributed by atoms with van der Waals surface area (Å²) in [5, 5.41) is 3.34. The molecule has 0 amide bonds. The third-order valence-corrected chi connectivity index (χ3v) is 6.30. The van der Waals surface area contributed by atoms with E-state index in [0.717, 1.165) is 19.5 Å². The van der Waals surface area contributed by atoms with Gasteiger partial charge in [0.05, 0.1) is 18.9 Å². The van der Waals surface area contributed by atoms with Gasteiger partial charge in [-0.1, -0.05) is 30.3 Å². The van der Waals surface area contributed by atoms with Gasteiger partial charge in [-0.2, -0.15) is 0 Å². The highest BCUT2D eigenvalue weighted by Gasteiger charge is 2.38. The molecule has 0 bridgehead atoms. The molecule has 1 N–H and O–H groups in total. The summed E-state index contributed by atoms with van der Waals surface area (Å²) in [5.41, 5.74) is 1.19. The van der Waals surface area contributed by atoms with Crippen molar-refractivity contribution in [2.45, 2.75) is 36.4 Å². The number of nitrogens with zero attached hydrogens (tertiary/aromatic N) is 3. The van der Waals surface area contributed by atoms with Crippen molar-refractivity contribution in [1.29, 1.82) is 0 Å². The highest BCUT2D eigenvalue weighted by atomic mass is 32.2. The van der Waals surface area contributed by atoms with Crippen molar-refractivity contribution in [2.75, 3.05) is 31.3 Å². The number of ether oxygens (including phenoxy) is 1. The Bertz CT molecular complexity index is 920. The molecule has 3 atom stereocenters. The lowest BCUT2D eigenvalue weighted by molar-refractivity contribution is -0.0501. The van der Waals surface area contributed by atoms with Crippen LogP contribution in [0, 0.1) is 6.92 Å². The van der Waals surface area contributed by atoms with Crippen molar-refractivity contribution in [3.05, 3.63) is 47.9 Å². The topological polar surface area (TPSA) is 84.4 Å². The maximum atomic E-state index is 12.0. The molecule has 2 fully saturated rings. The van der Waals surface area contributed by atoms with Crippen molar-refractivity contribution in [1.82, 2.24) is 14.9 Å². The van der Waals surface area contributed by atoms with Gasteiger partial charge in [-0.25, -0.2) is 18.4 Å². The van der Waals surface area contributed by atoms with Crippen LogP contribution in [0.4, 0.5) is 5.82 Å². The van der Waals surface area contributed by atoms with E-state index in [4.69, 9.17) is 4.74 Å². The number of morpholine rings is 1. The number of hydrogen-bond acceptors (Lipinski definition) is 7. The van der Waals surface area contributed by atoms with Gasteiger partial charge in [0.15, 0.2) is 9.84 Å². The number of sulfone groups is 1. The van der Waals surface area contributed by atoms with E-state index in [2.05, 4.69) is 32.3 Å². The second kappa shape index (κ2) is 7.18. The summed E-state index contributed by atoms with van der Waals surface area (Å²) in [7, 11) is -3.39. The molecule has 0 unspecified atom stereocenters. The van der Waals surface area contributed by atoms with Crippen LogP contribution in [0.2, 0.25) is 0 Å². The molecule has 8 heteroatoms. The molecule has 1 aromatic carbocycles. The molecule has 0 radical (unpaired) electrons. The lowest BCUT2D eigenvalue weighted by Crippen LogP contribution is -2.42. The van der Waals surface area contributed by atoms with Gasteiger partial charge in [-0.15, -0.1) is 0 Å². The quantitative estimate of drug-likeness (QED) is 0.855. The Hall–Kier alpha value is -2.03. The average Bonchev–Trinajstić information content (AvgIpc) is 3.02. The second-order valence-electron chi connectivity index (χ2n) is 7.32. The van der Waals surface area contributed by atoms with E-state index < -0.39 is 9.84 Å². The number of aromatic nitrogens is 2. The summed E-state index contributed by atoms with van der Waals surface area (Å²) in [6.45, 7) is 4.12. The third-order valence-electron chi connectivity index (χ3n) is 5.21. The number of aryl methyl sites for hydroxylation is 1. The number of fused-ring (bicyclic) bond motifs is 1. The summed E-state index contributed by atoms with van der Waals surface area (Å²) in [4.78, 5) is 10.9. The Morgan fingerprint density at radius 2 is 2.00 bits per heavy atom. The molecule has 7 nitrogen and oxygen atoms in total. The molecule has 0 aliphatic carbocycles. The minimum atomic E-state index is -3.39. The van der Waals surface area contributed by atoms with Crippen LogP contribution >= 0.6 is 0 Å². The maximum absolute atomic E-state index is 12.0. The van der Waals surface area contributed by atoms with Crippen LogP contribution in [0.3, 0.4) is 0 Å². The maximum Gasteiger partial charge on any atom is 0.180 e. The lowest BCUT2D eigenvalue weighted by atomic mass is 10.1. The second-order valence-corrected chi connectivity index (χ2v) is 9.30. The molecule has 27 heavy (non-hydrogen) atoms. The summed E-state index contributed by atoms with van der Waals surface area (Å²) >= 11 is 0. The van der Waals surface area contributed by atoms with Crippen LogP contribution in [0.5, 0.6) is 0 Å². The Morgan fingerprint density at radius 1 is 1.22 bits per heavy atom. The Kier molecular flexibility index (Phi) is 4.88. The number of hydrogen-bond donors (Lipinski definition) is 1. The molecule has 2 aromatic rings. The molecule has 144 valence electrons. The molecule has 2 aliphatic heterocycles. The highest BCUT2D eigenvalue weighted by Crippen LogP contribution is 2.31. The van der Waals surface area contributed by atoms with Crippen LogP contribution in [0.15, 0.2) is 41.4 Å². The molecular weight excluding hydrogens is 364 g/mol. The first-order valence-electron chi connectivity index (χ1n) is 9.11. The summed E-state index contributed by atoms with van der Waals surface area (Å²) in [6.07, 6.45) is 3.54. The Labute approximate surface area is 159 Å². The molecule has 2 aliphatic rings. The van der Waals surface area contributed by atoms with Crippen LogP contribution in [0.25, 0.3) is 0 Å². The number of benzene rings is 1. The van der Waals surface area contributed by atoms with E-state index in [1.54, 1.807) is 6.92 Å². The largest absolute Gasteiger partial charge is 0.371 e. The van der Waals surface area contributed by atoms with Crippen molar-refractivity contribution in [3.63, 3.8) is 0 Å². The van der Waals surface area contributed by atoms with E-state index >= 15 is 0 Å². The predicted octanol–water partition coefficient (Wildman–Crippen LogP) is 1.81. The van der Waals surface area contributed by atoms with E-state index in [0.29, 0.717) is 24.3 Å². The Balaban J connectivity index is 1.47. The van der Waals surface area contributed by atoms with Crippen molar-refractivity contribution >= 4 is 15.7 Å². The minimum absolute atomic E-state index is 0.0778. The first-order chi connectivity index (χ1) is 12.9. The summed E-state index contributed by atoms with van der Waals surface area (Å²) in [6, 6.07) is 10.7. The van der Waals surface area contributed by atoms with Crippen LogP contribution in [-0.2, 0) is 14.6 Å². The number of nitrogens with one attached hydrogen (secondary N) is 1. The molecule has 3 heterocycles. The smallest absolute Gasteiger partial charge is 0.180 e. The van der Waals surface area contributed by atoms with Gasteiger partial charge in [-0.3, -0.25) is 4.90 Å². The highest BCUT2D eigenvalue weighted by molar-refractivity contribution is 7.90. The van der Waals surface area contributed by atoms with Gasteiger partial charge in [0.25, 0.3) is 0 Å². The molecule has 1 aromatic heterocycles. The third kappa shape index (κ3) is 3.97. The summed E-state index contributed by atoms with van der Waals surface area (Å²) in [5.74, 6) is 0.948. The van der Waals surface area contributed by atoms with E-state index in [1.165, 1.54) is 18.0 Å². The lowest BCUT2D eigenvalue weighted by Gasteiger charge is -2.35. The van der Waals surface area contributed by atoms with E-state index in [1.807, 2.05) is 18.2 Å². The van der Waals surface area contributed by atoms with Gasteiger partial charge in [0, 0.05) is 31.4 Å². The first kappa shape index (κ1) is 18.3. The van der Waals surface area contributed by atoms with Crippen LogP contribution < -0.4 is 5.32 Å². The first-order valence-corrected chi connectivity index (χ1v) is 11.0. The van der Waals surface area contributed by atoms with E-state index in [9.17, 15) is 8.42 Å². The summed E-state index contributed by atoms with van der Waals surface area (Å²) < 4.78 is 30.2. The molecule has 0 saturated carbocycles. The fraction of sp³-hybridized carbons (Fsp3) is 0.474. The van der Waals surface area contributed by atoms with Gasteiger partial charge < -0.3 is 10.1 Å². The van der Waals surface area contributed by atoms with Gasteiger partial charge >= 0.3 is 0 Å². The van der Waals surface area contributed by atoms with Gasteiger partial charge in [-0.05, 0) is 18.9 Å². The Morgan fingerprint density at radius 3 is 2.74 bits per heavy atom. The minimum Gasteiger partial charge on any atom is -0.371 e. The van der Waals surface area contributed by atoms with Gasteiger partial charge in [0.1, 0.15) is 16.5 Å². The van der Waals surface area contributed by atoms with E-state index in [-0.39, 0.29) is 17.0 Å². The SMILES string of the molecule is Cc1ncc(S(C)(=O)=O)c(N[C@@H]2C[C@H]3CO[C@@H](c4ccccc4)CN3C2)n1. The fourth-order valence-corrected chi connectivity index (χ4v) is 4.58. The number of rotatable bonds is 4. The molecule has 4 rings (SSSR count). The zero-order valence-corrected chi connectivity index (χ0v) is 16.3. The average molecular weight is 388 g/mol. The zero-order valence-electron chi connectivity index (χ0n) is 15.5. The standard InChI is InChI=1S/C19H24N4O3S/c1-13-20-9-18(27(2,24)25)19(21-13)22-15-8-16-12-26-17(11-23(16)10-15)14-6-4-3-5-7-14/h3-7,9,15-17H,8,10-12H2,1-2H3,(H,20,21,22)/t15-,16+,17-/m1/s1. The van der Waals surface area contributed by atoms with Crippen molar-refractivity contribution < 1.29 is 13.2 Å². The van der Waals surface area contributed by atoms with Crippen LogP contribution in [-0.4, -0.2) is 61.3 Å². The molecule has 0 spiro atoms. The molecular formula is C19H24N4O3S. The number of anilines is 1. The zero-order chi connectivity index (χ0) is 19.0. The molecule has 2 saturated heterocycles. The monoisotopic (exact) mass is 388 g/mol. The predicted molar refractivity (Wildman–Crippen MR) is 102 cm³/mol. The van der Waals surface area contributed by atoms with Gasteiger partial charge in [0.2, 0.25) is 0 Å². The van der Waals surface area contributed by atoms with Crippen molar-refractivity contribution in [3.8, 4) is 0 Å². The van der Waals surface area contributed by atoms with Crippen molar-refractivity contribution in [2.24, 2.45) is 0 Å². The normalized spacial score (nSPS) is 25.9. The fourth-order valence-electron chi connectivity index (χ4n) is 3.88. The van der Waals surface area contributed by atoms with Crippen LogP contribution in [0.1, 0.15) is 23.9 Å².